The Hall–Kier alpha value is -4.56. The topological polar surface area (TPSA) is 24.1 Å². The highest BCUT2D eigenvalue weighted by molar-refractivity contribution is 6.04. The van der Waals surface area contributed by atoms with Gasteiger partial charge >= 0.3 is 0 Å². The zero-order valence-electron chi connectivity index (χ0n) is 20.0. The summed E-state index contributed by atoms with van der Waals surface area (Å²) in [6.45, 7) is 1.51. The highest BCUT2D eigenvalue weighted by Gasteiger charge is 2.14. The predicted octanol–water partition coefficient (Wildman–Crippen LogP) is 8.86. The van der Waals surface area contributed by atoms with Crippen molar-refractivity contribution in [2.45, 2.75) is 13.1 Å². The van der Waals surface area contributed by atoms with Gasteiger partial charge in [0, 0.05) is 35.6 Å². The number of nitrogens with one attached hydrogen (secondary N) is 2. The van der Waals surface area contributed by atoms with E-state index in [0.717, 1.165) is 24.5 Å². The summed E-state index contributed by atoms with van der Waals surface area (Å²) in [5.74, 6) is 0. The molecule has 6 aromatic rings. The molecule has 7 rings (SSSR count). The standard InChI is InChI=1S/C34H26N2/c1-3-13-29-25(9-1)15-17-31-33(29)27-11-5-7-23(19-27)22-36-32-18-16-26-10-2-4-14-30(26)34(32)28-12-6-8-24(20-28)21-35-31/h1-20,35-36H,21-22H2. The smallest absolute Gasteiger partial charge is 0.0429 e. The van der Waals surface area contributed by atoms with E-state index in [4.69, 9.17) is 0 Å². The van der Waals surface area contributed by atoms with Crippen molar-refractivity contribution in [3.8, 4) is 22.3 Å². The Morgan fingerprint density at radius 3 is 1.39 bits per heavy atom. The normalized spacial score (nSPS) is 12.7. The second-order valence-corrected chi connectivity index (χ2v) is 9.53. The maximum atomic E-state index is 3.77. The molecule has 1 aliphatic heterocycles. The lowest BCUT2D eigenvalue weighted by molar-refractivity contribution is 1.14. The lowest BCUT2D eigenvalue weighted by Gasteiger charge is -2.19. The van der Waals surface area contributed by atoms with Gasteiger partial charge in [-0.3, -0.25) is 0 Å². The number of hydrogen-bond acceptors (Lipinski definition) is 2. The van der Waals surface area contributed by atoms with Crippen molar-refractivity contribution in [2.24, 2.45) is 0 Å². The first kappa shape index (κ1) is 20.8. The Labute approximate surface area is 211 Å². The highest BCUT2D eigenvalue weighted by Crippen LogP contribution is 2.39. The van der Waals surface area contributed by atoms with Gasteiger partial charge < -0.3 is 10.6 Å². The van der Waals surface area contributed by atoms with Gasteiger partial charge in [-0.2, -0.15) is 0 Å². The molecule has 2 nitrogen and oxygen atoms in total. The summed E-state index contributed by atoms with van der Waals surface area (Å²) in [5.41, 5.74) is 9.83. The van der Waals surface area contributed by atoms with Crippen molar-refractivity contribution >= 4 is 32.9 Å². The molecule has 6 aromatic carbocycles. The van der Waals surface area contributed by atoms with Gasteiger partial charge in [0.1, 0.15) is 0 Å². The second-order valence-electron chi connectivity index (χ2n) is 9.53. The Kier molecular flexibility index (Phi) is 4.96. The van der Waals surface area contributed by atoms with Gasteiger partial charge in [0.2, 0.25) is 0 Å². The van der Waals surface area contributed by atoms with Gasteiger partial charge in [0.15, 0.2) is 0 Å². The fourth-order valence-electron chi connectivity index (χ4n) is 5.53. The van der Waals surface area contributed by atoms with Gasteiger partial charge in [-0.25, -0.2) is 0 Å². The van der Waals surface area contributed by atoms with Crippen LogP contribution in [0.15, 0.2) is 121 Å². The number of fused-ring (bicyclic) bond motifs is 12. The summed E-state index contributed by atoms with van der Waals surface area (Å²) in [6.07, 6.45) is 0. The fourth-order valence-corrected chi connectivity index (χ4v) is 5.53. The molecule has 2 heteroatoms. The number of anilines is 2. The fraction of sp³-hybridized carbons (Fsp3) is 0.0588. The number of benzene rings is 6. The lowest BCUT2D eigenvalue weighted by atomic mass is 9.93. The van der Waals surface area contributed by atoms with Crippen molar-refractivity contribution < 1.29 is 0 Å². The minimum absolute atomic E-state index is 0.756. The van der Waals surface area contributed by atoms with E-state index >= 15 is 0 Å². The van der Waals surface area contributed by atoms with E-state index in [9.17, 15) is 0 Å². The molecule has 0 saturated carbocycles. The van der Waals surface area contributed by atoms with Gasteiger partial charge in [-0.05, 0) is 68.1 Å². The van der Waals surface area contributed by atoms with E-state index in [2.05, 4.69) is 132 Å². The van der Waals surface area contributed by atoms with Crippen LogP contribution in [-0.2, 0) is 13.1 Å². The van der Waals surface area contributed by atoms with Gasteiger partial charge in [-0.15, -0.1) is 0 Å². The van der Waals surface area contributed by atoms with Crippen molar-refractivity contribution in [2.75, 3.05) is 10.6 Å². The molecule has 0 radical (unpaired) electrons. The van der Waals surface area contributed by atoms with Crippen molar-refractivity contribution in [1.82, 2.24) is 0 Å². The van der Waals surface area contributed by atoms with Gasteiger partial charge in [0.25, 0.3) is 0 Å². The number of hydrogen-bond donors (Lipinski definition) is 2. The van der Waals surface area contributed by atoms with Crippen molar-refractivity contribution in [3.63, 3.8) is 0 Å². The van der Waals surface area contributed by atoms with E-state index in [1.165, 1.54) is 54.9 Å². The summed E-state index contributed by atoms with van der Waals surface area (Å²) in [7, 11) is 0. The molecule has 0 aliphatic carbocycles. The highest BCUT2D eigenvalue weighted by atomic mass is 14.9. The summed E-state index contributed by atoms with van der Waals surface area (Å²) < 4.78 is 0. The Morgan fingerprint density at radius 1 is 0.417 bits per heavy atom. The molecule has 0 fully saturated rings. The SMILES string of the molecule is c1cc2cc(c1)-c1c(ccc3ccccc13)NCc1cccc(c1)-c1c(ccc3ccccc13)NC2. The third kappa shape index (κ3) is 3.59. The molecule has 36 heavy (non-hydrogen) atoms. The van der Waals surface area contributed by atoms with Crippen molar-refractivity contribution in [1.29, 1.82) is 0 Å². The third-order valence-electron chi connectivity index (χ3n) is 7.26. The first-order chi connectivity index (χ1) is 17.8. The molecule has 0 aromatic heterocycles. The molecule has 4 bridgehead atoms. The zero-order valence-corrected chi connectivity index (χ0v) is 20.0. The van der Waals surface area contributed by atoms with E-state index < -0.39 is 0 Å². The van der Waals surface area contributed by atoms with Crippen LogP contribution in [0, 0.1) is 0 Å². The molecule has 0 unspecified atom stereocenters. The van der Waals surface area contributed by atoms with Crippen LogP contribution in [0.4, 0.5) is 11.4 Å². The molecule has 1 heterocycles. The quantitative estimate of drug-likeness (QED) is 0.235. The Morgan fingerprint density at radius 2 is 0.889 bits per heavy atom. The van der Waals surface area contributed by atoms with Gasteiger partial charge in [-0.1, -0.05) is 97.1 Å². The molecule has 2 N–H and O–H groups in total. The Bertz CT molecular complexity index is 1620. The predicted molar refractivity (Wildman–Crippen MR) is 153 cm³/mol. The molecule has 1 aliphatic rings. The summed E-state index contributed by atoms with van der Waals surface area (Å²) in [6, 6.07) is 44.1. The maximum Gasteiger partial charge on any atom is 0.0429 e. The minimum atomic E-state index is 0.756. The van der Waals surface area contributed by atoms with Crippen LogP contribution in [0.5, 0.6) is 0 Å². The lowest BCUT2D eigenvalue weighted by Crippen LogP contribution is -2.05. The van der Waals surface area contributed by atoms with E-state index in [1.54, 1.807) is 0 Å². The van der Waals surface area contributed by atoms with Crippen LogP contribution in [-0.4, -0.2) is 0 Å². The first-order valence-electron chi connectivity index (χ1n) is 12.5. The number of rotatable bonds is 0. The molecule has 0 saturated heterocycles. The van der Waals surface area contributed by atoms with Crippen LogP contribution >= 0.6 is 0 Å². The van der Waals surface area contributed by atoms with Crippen LogP contribution < -0.4 is 10.6 Å². The second kappa shape index (κ2) is 8.58. The molecule has 172 valence electrons. The first-order valence-corrected chi connectivity index (χ1v) is 12.5. The van der Waals surface area contributed by atoms with E-state index in [-0.39, 0.29) is 0 Å². The average molecular weight is 463 g/mol. The van der Waals surface area contributed by atoms with Crippen molar-refractivity contribution in [3.05, 3.63) is 132 Å². The molecular weight excluding hydrogens is 436 g/mol. The van der Waals surface area contributed by atoms with E-state index in [1.807, 2.05) is 0 Å². The monoisotopic (exact) mass is 462 g/mol. The third-order valence-corrected chi connectivity index (χ3v) is 7.26. The van der Waals surface area contributed by atoms with Crippen LogP contribution in [0.1, 0.15) is 11.1 Å². The zero-order chi connectivity index (χ0) is 23.9. The van der Waals surface area contributed by atoms with Gasteiger partial charge in [0.05, 0.1) is 0 Å². The largest absolute Gasteiger partial charge is 0.380 e. The molecular formula is C34H26N2. The maximum absolute atomic E-state index is 3.77. The molecule has 0 spiro atoms. The van der Waals surface area contributed by atoms with Crippen LogP contribution in [0.3, 0.4) is 0 Å². The van der Waals surface area contributed by atoms with E-state index in [0.29, 0.717) is 0 Å². The summed E-state index contributed by atoms with van der Waals surface area (Å²) >= 11 is 0. The Balaban J connectivity index is 1.45. The summed E-state index contributed by atoms with van der Waals surface area (Å²) in [5, 5.41) is 12.6. The van der Waals surface area contributed by atoms with Crippen LogP contribution in [0.2, 0.25) is 0 Å². The minimum Gasteiger partial charge on any atom is -0.380 e. The van der Waals surface area contributed by atoms with Crippen LogP contribution in [0.25, 0.3) is 43.8 Å². The molecule has 0 amide bonds. The average Bonchev–Trinajstić information content (AvgIpc) is 2.94. The summed E-state index contributed by atoms with van der Waals surface area (Å²) in [4.78, 5) is 0. The molecule has 0 atom stereocenters.